The predicted octanol–water partition coefficient (Wildman–Crippen LogP) is 2.89. The highest BCUT2D eigenvalue weighted by molar-refractivity contribution is 5.82. The molecular formula is C23H24N2O5. The van der Waals surface area contributed by atoms with Crippen molar-refractivity contribution in [1.82, 2.24) is 0 Å². The van der Waals surface area contributed by atoms with Gasteiger partial charge in [-0.2, -0.15) is 0 Å². The van der Waals surface area contributed by atoms with Crippen LogP contribution in [0.3, 0.4) is 0 Å². The minimum Gasteiger partial charge on any atom is -0.496 e. The van der Waals surface area contributed by atoms with Gasteiger partial charge in [-0.05, 0) is 23.6 Å². The van der Waals surface area contributed by atoms with Crippen LogP contribution in [0.25, 0.3) is 11.1 Å². The van der Waals surface area contributed by atoms with Crippen molar-refractivity contribution in [3.63, 3.8) is 0 Å². The largest absolute Gasteiger partial charge is 0.496 e. The molecule has 3 N–H and O–H groups in total. The SMILES string of the molecule is CCCNc1c(N[C@@H](Cc2ccc(-c3ccccc3OC)cc2)C(=O)O)c(=O)c1=O. The van der Waals surface area contributed by atoms with Crippen molar-refractivity contribution in [3.8, 4) is 16.9 Å². The summed E-state index contributed by atoms with van der Waals surface area (Å²) in [4.78, 5) is 35.4. The van der Waals surface area contributed by atoms with Crippen LogP contribution in [-0.4, -0.2) is 30.8 Å². The van der Waals surface area contributed by atoms with Crippen LogP contribution in [0.5, 0.6) is 5.75 Å². The van der Waals surface area contributed by atoms with Crippen LogP contribution in [-0.2, 0) is 11.2 Å². The van der Waals surface area contributed by atoms with E-state index in [1.165, 1.54) is 0 Å². The molecule has 3 aromatic carbocycles. The molecule has 0 aromatic heterocycles. The van der Waals surface area contributed by atoms with Crippen LogP contribution < -0.4 is 26.2 Å². The van der Waals surface area contributed by atoms with E-state index in [-0.39, 0.29) is 17.8 Å². The zero-order valence-electron chi connectivity index (χ0n) is 16.9. The normalized spacial score (nSPS) is 11.8. The van der Waals surface area contributed by atoms with Crippen molar-refractivity contribution in [2.75, 3.05) is 24.3 Å². The quantitative estimate of drug-likeness (QED) is 0.443. The highest BCUT2D eigenvalue weighted by atomic mass is 16.5. The molecule has 0 aliphatic heterocycles. The Balaban J connectivity index is 1.77. The van der Waals surface area contributed by atoms with Gasteiger partial charge in [0.05, 0.1) is 7.11 Å². The molecule has 0 unspecified atom stereocenters. The highest BCUT2D eigenvalue weighted by Crippen LogP contribution is 2.29. The average Bonchev–Trinajstić information content (AvgIpc) is 2.77. The molecule has 0 amide bonds. The second kappa shape index (κ2) is 9.26. The molecule has 7 nitrogen and oxygen atoms in total. The van der Waals surface area contributed by atoms with Crippen LogP contribution in [0.15, 0.2) is 58.1 Å². The molecule has 0 aliphatic carbocycles. The summed E-state index contributed by atoms with van der Waals surface area (Å²) in [6.07, 6.45) is 0.937. The number of ether oxygens (including phenoxy) is 1. The second-order valence-electron chi connectivity index (χ2n) is 6.97. The highest BCUT2D eigenvalue weighted by Gasteiger charge is 2.26. The molecule has 0 bridgehead atoms. The van der Waals surface area contributed by atoms with Crippen molar-refractivity contribution in [2.45, 2.75) is 25.8 Å². The van der Waals surface area contributed by atoms with Crippen LogP contribution in [0, 0.1) is 0 Å². The first-order valence-corrected chi connectivity index (χ1v) is 9.75. The Morgan fingerprint density at radius 3 is 2.33 bits per heavy atom. The molecule has 0 heterocycles. The van der Waals surface area contributed by atoms with E-state index in [0.717, 1.165) is 28.9 Å². The molecule has 0 fully saturated rings. The number of anilines is 2. The number of hydrogen-bond acceptors (Lipinski definition) is 6. The molecule has 0 spiro atoms. The van der Waals surface area contributed by atoms with Crippen molar-refractivity contribution < 1.29 is 14.6 Å². The van der Waals surface area contributed by atoms with E-state index in [2.05, 4.69) is 10.6 Å². The van der Waals surface area contributed by atoms with Gasteiger partial charge in [0, 0.05) is 18.5 Å². The molecule has 3 aromatic rings. The fourth-order valence-corrected chi connectivity index (χ4v) is 3.26. The average molecular weight is 408 g/mol. The Labute approximate surface area is 174 Å². The third-order valence-electron chi connectivity index (χ3n) is 4.89. The number of aliphatic carboxylic acids is 1. The van der Waals surface area contributed by atoms with E-state index in [0.29, 0.717) is 6.54 Å². The first-order chi connectivity index (χ1) is 14.5. The first kappa shape index (κ1) is 21.1. The Kier molecular flexibility index (Phi) is 6.51. The summed E-state index contributed by atoms with van der Waals surface area (Å²) in [7, 11) is 1.61. The van der Waals surface area contributed by atoms with E-state index in [4.69, 9.17) is 4.74 Å². The summed E-state index contributed by atoms with van der Waals surface area (Å²) in [5, 5.41) is 15.2. The van der Waals surface area contributed by atoms with E-state index < -0.39 is 22.9 Å². The number of para-hydroxylation sites is 1. The zero-order valence-corrected chi connectivity index (χ0v) is 16.9. The van der Waals surface area contributed by atoms with Crippen LogP contribution in [0.1, 0.15) is 18.9 Å². The Morgan fingerprint density at radius 1 is 1.03 bits per heavy atom. The summed E-state index contributed by atoms with van der Waals surface area (Å²) < 4.78 is 5.39. The van der Waals surface area contributed by atoms with Gasteiger partial charge >= 0.3 is 5.97 Å². The lowest BCUT2D eigenvalue weighted by Crippen LogP contribution is -2.42. The lowest BCUT2D eigenvalue weighted by atomic mass is 9.99. The Morgan fingerprint density at radius 2 is 1.70 bits per heavy atom. The van der Waals surface area contributed by atoms with Crippen LogP contribution in [0.2, 0.25) is 0 Å². The van der Waals surface area contributed by atoms with E-state index >= 15 is 0 Å². The van der Waals surface area contributed by atoms with Gasteiger partial charge in [0.2, 0.25) is 0 Å². The fraction of sp³-hybridized carbons (Fsp3) is 0.261. The molecule has 30 heavy (non-hydrogen) atoms. The third-order valence-corrected chi connectivity index (χ3v) is 4.89. The molecule has 3 rings (SSSR count). The maximum atomic E-state index is 11.9. The zero-order chi connectivity index (χ0) is 21.7. The standard InChI is InChI=1S/C23H24N2O5/c1-3-12-24-19-20(22(27)21(19)26)25-17(23(28)29)13-14-8-10-15(11-9-14)16-6-4-5-7-18(16)30-2/h4-11,17,24-25H,3,12-13H2,1-2H3,(H,28,29)/t17-/m0/s1. The van der Waals surface area contributed by atoms with Gasteiger partial charge in [0.1, 0.15) is 23.2 Å². The smallest absolute Gasteiger partial charge is 0.326 e. The number of benzene rings is 2. The third kappa shape index (κ3) is 4.35. The summed E-state index contributed by atoms with van der Waals surface area (Å²) in [5.41, 5.74) is 1.59. The summed E-state index contributed by atoms with van der Waals surface area (Å²) in [6.45, 7) is 2.46. The monoisotopic (exact) mass is 408 g/mol. The lowest BCUT2D eigenvalue weighted by Gasteiger charge is -2.20. The maximum Gasteiger partial charge on any atom is 0.326 e. The second-order valence-corrected chi connectivity index (χ2v) is 6.97. The molecular weight excluding hydrogens is 384 g/mol. The molecule has 0 radical (unpaired) electrons. The maximum absolute atomic E-state index is 11.9. The molecule has 0 saturated heterocycles. The van der Waals surface area contributed by atoms with Crippen molar-refractivity contribution >= 4 is 17.3 Å². The van der Waals surface area contributed by atoms with Crippen molar-refractivity contribution in [3.05, 3.63) is 74.5 Å². The lowest BCUT2D eigenvalue weighted by molar-refractivity contribution is -0.137. The number of carbonyl (C=O) groups is 1. The van der Waals surface area contributed by atoms with E-state index in [9.17, 15) is 19.5 Å². The van der Waals surface area contributed by atoms with E-state index in [1.807, 2.05) is 55.5 Å². The minimum atomic E-state index is -1.10. The Hall–Kier alpha value is -3.61. The molecule has 156 valence electrons. The number of methoxy groups -OCH3 is 1. The predicted molar refractivity (Wildman–Crippen MR) is 117 cm³/mol. The van der Waals surface area contributed by atoms with Crippen LogP contribution >= 0.6 is 0 Å². The number of carboxylic acid groups (broad SMARTS) is 1. The van der Waals surface area contributed by atoms with Crippen LogP contribution in [0.4, 0.5) is 11.4 Å². The van der Waals surface area contributed by atoms with Gasteiger partial charge in [-0.15, -0.1) is 0 Å². The minimum absolute atomic E-state index is 0.0477. The summed E-state index contributed by atoms with van der Waals surface area (Å²) in [5.74, 6) is -0.346. The fourth-order valence-electron chi connectivity index (χ4n) is 3.26. The number of carboxylic acids is 1. The molecule has 7 heteroatoms. The number of rotatable bonds is 10. The topological polar surface area (TPSA) is 105 Å². The molecule has 0 aliphatic rings. The summed E-state index contributed by atoms with van der Waals surface area (Å²) in [6, 6.07) is 14.1. The van der Waals surface area contributed by atoms with Gasteiger partial charge < -0.3 is 20.5 Å². The molecule has 1 atom stereocenters. The number of nitrogens with one attached hydrogen (secondary N) is 2. The Bertz CT molecular complexity index is 1100. The van der Waals surface area contributed by atoms with Crippen molar-refractivity contribution in [1.29, 1.82) is 0 Å². The first-order valence-electron chi connectivity index (χ1n) is 9.75. The van der Waals surface area contributed by atoms with Gasteiger partial charge in [0.25, 0.3) is 10.9 Å². The number of hydrogen-bond donors (Lipinski definition) is 3. The summed E-state index contributed by atoms with van der Waals surface area (Å²) >= 11 is 0. The van der Waals surface area contributed by atoms with E-state index in [1.54, 1.807) is 7.11 Å². The van der Waals surface area contributed by atoms with Gasteiger partial charge in [0.15, 0.2) is 0 Å². The van der Waals surface area contributed by atoms with Gasteiger partial charge in [-0.25, -0.2) is 4.79 Å². The van der Waals surface area contributed by atoms with Gasteiger partial charge in [-0.1, -0.05) is 49.4 Å². The van der Waals surface area contributed by atoms with Crippen molar-refractivity contribution in [2.24, 2.45) is 0 Å². The van der Waals surface area contributed by atoms with Gasteiger partial charge in [-0.3, -0.25) is 9.59 Å². The molecule has 0 saturated carbocycles.